The van der Waals surface area contributed by atoms with Crippen LogP contribution in [0.1, 0.15) is 66.7 Å². The van der Waals surface area contributed by atoms with Gasteiger partial charge in [-0.05, 0) is 100 Å². The molecule has 6 rings (SSSR count). The molecule has 0 spiro atoms. The first kappa shape index (κ1) is 18.2. The van der Waals surface area contributed by atoms with Gasteiger partial charge in [0.2, 0.25) is 0 Å². The van der Waals surface area contributed by atoms with Crippen LogP contribution in [0.5, 0.6) is 0 Å². The van der Waals surface area contributed by atoms with Crippen molar-refractivity contribution in [2.45, 2.75) is 57.3 Å². The molecule has 3 atom stereocenters. The second-order valence-electron chi connectivity index (χ2n) is 9.63. The number of benzene rings is 4. The molecule has 2 aliphatic carbocycles. The van der Waals surface area contributed by atoms with Crippen LogP contribution in [0.4, 0.5) is 0 Å². The van der Waals surface area contributed by atoms with Crippen molar-refractivity contribution >= 4 is 21.5 Å². The van der Waals surface area contributed by atoms with Crippen molar-refractivity contribution in [3.63, 3.8) is 0 Å². The van der Waals surface area contributed by atoms with E-state index in [0.29, 0.717) is 11.8 Å². The quantitative estimate of drug-likeness (QED) is 0.324. The van der Waals surface area contributed by atoms with E-state index in [1.54, 1.807) is 22.3 Å². The van der Waals surface area contributed by atoms with Gasteiger partial charge in [-0.15, -0.1) is 0 Å². The van der Waals surface area contributed by atoms with E-state index in [9.17, 15) is 0 Å². The topological polar surface area (TPSA) is 0 Å². The summed E-state index contributed by atoms with van der Waals surface area (Å²) in [6.07, 6.45) is 7.87. The van der Waals surface area contributed by atoms with Crippen molar-refractivity contribution < 1.29 is 0 Å². The first-order chi connectivity index (χ1) is 14.8. The Morgan fingerprint density at radius 1 is 0.667 bits per heavy atom. The summed E-state index contributed by atoms with van der Waals surface area (Å²) in [7, 11) is 0. The number of fused-ring (bicyclic) bond motifs is 6. The van der Waals surface area contributed by atoms with E-state index in [-0.39, 0.29) is 0 Å². The fourth-order valence-electron chi connectivity index (χ4n) is 6.57. The summed E-state index contributed by atoms with van der Waals surface area (Å²) >= 11 is 0. The summed E-state index contributed by atoms with van der Waals surface area (Å²) in [5.41, 5.74) is 6.51. The smallest absolute Gasteiger partial charge is 0.0146 e. The fraction of sp³-hybridized carbons (Fsp3) is 0.333. The summed E-state index contributed by atoms with van der Waals surface area (Å²) in [6.45, 7) is 2.50. The maximum Gasteiger partial charge on any atom is -0.0146 e. The lowest BCUT2D eigenvalue weighted by molar-refractivity contribution is 0.326. The molecule has 0 unspecified atom stereocenters. The normalized spacial score (nSPS) is 23.3. The Hall–Kier alpha value is -2.60. The number of hydrogen-bond donors (Lipinski definition) is 0. The second-order valence-corrected chi connectivity index (χ2v) is 9.63. The number of hydrogen-bond acceptors (Lipinski definition) is 0. The zero-order valence-electron chi connectivity index (χ0n) is 17.9. The second kappa shape index (κ2) is 7.27. The van der Waals surface area contributed by atoms with Crippen LogP contribution >= 0.6 is 0 Å². The summed E-state index contributed by atoms with van der Waals surface area (Å²) in [5.74, 6) is 2.13. The van der Waals surface area contributed by atoms with E-state index in [2.05, 4.69) is 79.7 Å². The fourth-order valence-corrected chi connectivity index (χ4v) is 6.57. The van der Waals surface area contributed by atoms with Gasteiger partial charge >= 0.3 is 0 Å². The van der Waals surface area contributed by atoms with Crippen LogP contribution in [-0.4, -0.2) is 0 Å². The molecule has 2 aliphatic rings. The Morgan fingerprint density at radius 3 is 2.03 bits per heavy atom. The van der Waals surface area contributed by atoms with Crippen LogP contribution in [0.15, 0.2) is 72.8 Å². The van der Waals surface area contributed by atoms with Gasteiger partial charge in [-0.1, -0.05) is 79.7 Å². The summed E-state index contributed by atoms with van der Waals surface area (Å²) in [4.78, 5) is 0. The van der Waals surface area contributed by atoms with E-state index < -0.39 is 0 Å². The van der Waals surface area contributed by atoms with Gasteiger partial charge in [0, 0.05) is 0 Å². The van der Waals surface area contributed by atoms with Crippen LogP contribution in [0.3, 0.4) is 0 Å². The van der Waals surface area contributed by atoms with Gasteiger partial charge in [0.25, 0.3) is 0 Å². The predicted molar refractivity (Wildman–Crippen MR) is 128 cm³/mol. The average molecular weight is 391 g/mol. The maximum atomic E-state index is 2.50. The molecular weight excluding hydrogens is 360 g/mol. The van der Waals surface area contributed by atoms with Crippen LogP contribution in [0, 0.1) is 5.92 Å². The van der Waals surface area contributed by atoms with Crippen molar-refractivity contribution in [3.05, 3.63) is 95.1 Å². The molecule has 150 valence electrons. The standard InChI is InChI=1S/C30H30/c1-20-25(18-17-24-16-14-21-7-2-4-11-27(21)29(20)24)19-26-10-6-9-23-15-13-22-8-3-5-12-28(22)30(23)26/h2-5,7-8,11-16,20,25-26H,6,9-10,17-19H2,1H3/t20-,25+,26+/m1/s1. The van der Waals surface area contributed by atoms with Crippen molar-refractivity contribution in [3.8, 4) is 0 Å². The molecule has 0 amide bonds. The predicted octanol–water partition coefficient (Wildman–Crippen LogP) is 8.17. The zero-order valence-corrected chi connectivity index (χ0v) is 17.9. The minimum atomic E-state index is 0.639. The molecule has 4 aromatic carbocycles. The van der Waals surface area contributed by atoms with Crippen LogP contribution in [0.2, 0.25) is 0 Å². The molecule has 4 aromatic rings. The van der Waals surface area contributed by atoms with Crippen molar-refractivity contribution in [1.29, 1.82) is 0 Å². The van der Waals surface area contributed by atoms with Gasteiger partial charge in [0.1, 0.15) is 0 Å². The van der Waals surface area contributed by atoms with E-state index in [1.807, 2.05) is 0 Å². The summed E-state index contributed by atoms with van der Waals surface area (Å²) in [6, 6.07) is 27.5. The monoisotopic (exact) mass is 390 g/mol. The Labute approximate surface area is 179 Å². The Bertz CT molecular complexity index is 1230. The molecule has 30 heavy (non-hydrogen) atoms. The van der Waals surface area contributed by atoms with E-state index in [4.69, 9.17) is 0 Å². The Kier molecular flexibility index (Phi) is 4.41. The highest BCUT2D eigenvalue weighted by molar-refractivity contribution is 5.88. The molecule has 0 bridgehead atoms. The van der Waals surface area contributed by atoms with Crippen LogP contribution in [0.25, 0.3) is 21.5 Å². The molecule has 0 heterocycles. The van der Waals surface area contributed by atoms with Gasteiger partial charge in [0.05, 0.1) is 0 Å². The molecule has 0 aromatic heterocycles. The molecule has 0 N–H and O–H groups in total. The SMILES string of the molecule is C[C@H]1c2c(ccc3ccccc23)CC[C@H]1C[C@@H]1CCCc2ccc3ccccc3c21. The van der Waals surface area contributed by atoms with Gasteiger partial charge in [0.15, 0.2) is 0 Å². The summed E-state index contributed by atoms with van der Waals surface area (Å²) in [5, 5.41) is 5.81. The molecule has 0 fully saturated rings. The lowest BCUT2D eigenvalue weighted by Gasteiger charge is -2.36. The highest BCUT2D eigenvalue weighted by atomic mass is 14.4. The van der Waals surface area contributed by atoms with Gasteiger partial charge in [-0.2, -0.15) is 0 Å². The first-order valence-corrected chi connectivity index (χ1v) is 11.8. The third kappa shape index (κ3) is 2.88. The van der Waals surface area contributed by atoms with Crippen molar-refractivity contribution in [1.82, 2.24) is 0 Å². The first-order valence-electron chi connectivity index (χ1n) is 11.8. The van der Waals surface area contributed by atoms with Crippen molar-refractivity contribution in [2.24, 2.45) is 5.92 Å². The molecule has 0 radical (unpaired) electrons. The molecule has 0 nitrogen and oxygen atoms in total. The largest absolute Gasteiger partial charge is 0.0616 e. The molecular formula is C30H30. The lowest BCUT2D eigenvalue weighted by Crippen LogP contribution is -2.23. The van der Waals surface area contributed by atoms with E-state index in [0.717, 1.165) is 5.92 Å². The Balaban J connectivity index is 1.38. The van der Waals surface area contributed by atoms with Crippen LogP contribution < -0.4 is 0 Å². The molecule has 0 aliphatic heterocycles. The van der Waals surface area contributed by atoms with Gasteiger partial charge in [-0.3, -0.25) is 0 Å². The molecule has 0 heteroatoms. The summed E-state index contributed by atoms with van der Waals surface area (Å²) < 4.78 is 0. The zero-order chi connectivity index (χ0) is 20.1. The third-order valence-electron chi connectivity index (χ3n) is 8.06. The number of rotatable bonds is 2. The molecule has 0 saturated carbocycles. The molecule has 0 saturated heterocycles. The van der Waals surface area contributed by atoms with E-state index >= 15 is 0 Å². The lowest BCUT2D eigenvalue weighted by atomic mass is 9.68. The van der Waals surface area contributed by atoms with Crippen molar-refractivity contribution in [2.75, 3.05) is 0 Å². The third-order valence-corrected chi connectivity index (χ3v) is 8.06. The van der Waals surface area contributed by atoms with Gasteiger partial charge < -0.3 is 0 Å². The minimum absolute atomic E-state index is 0.639. The van der Waals surface area contributed by atoms with E-state index in [1.165, 1.54) is 60.1 Å². The highest BCUT2D eigenvalue weighted by Crippen LogP contribution is 2.47. The maximum absolute atomic E-state index is 2.50. The highest BCUT2D eigenvalue weighted by Gasteiger charge is 2.32. The number of aryl methyl sites for hydroxylation is 2. The Morgan fingerprint density at radius 2 is 1.30 bits per heavy atom. The average Bonchev–Trinajstić information content (AvgIpc) is 2.80. The minimum Gasteiger partial charge on any atom is -0.0616 e. The van der Waals surface area contributed by atoms with Gasteiger partial charge in [-0.25, -0.2) is 0 Å². The van der Waals surface area contributed by atoms with Crippen LogP contribution in [-0.2, 0) is 12.8 Å².